The lowest BCUT2D eigenvalue weighted by molar-refractivity contribution is -0.136. The number of aryl methyl sites for hydroxylation is 1. The molecule has 6 heteroatoms. The van der Waals surface area contributed by atoms with Crippen molar-refractivity contribution >= 4 is 33.9 Å². The number of thiazole rings is 1. The van der Waals surface area contributed by atoms with Crippen LogP contribution in [0.1, 0.15) is 31.3 Å². The van der Waals surface area contributed by atoms with Crippen LogP contribution in [0.2, 0.25) is 0 Å². The van der Waals surface area contributed by atoms with Gasteiger partial charge in [0.15, 0.2) is 5.13 Å². The zero-order chi connectivity index (χ0) is 13.7. The fourth-order valence-electron chi connectivity index (χ4n) is 1.41. The molecule has 0 fully saturated rings. The van der Waals surface area contributed by atoms with Crippen molar-refractivity contribution in [3.63, 3.8) is 0 Å². The Balaban J connectivity index is 3.04. The Kier molecular flexibility index (Phi) is 5.03. The fourth-order valence-corrected chi connectivity index (χ4v) is 2.28. The lowest BCUT2D eigenvalue weighted by atomic mass is 10.1. The summed E-state index contributed by atoms with van der Waals surface area (Å²) in [6.07, 6.45) is 1.66. The van der Waals surface area contributed by atoms with Crippen molar-refractivity contribution in [2.75, 3.05) is 11.9 Å². The SMILES string of the molecule is C/C=C(\C(=O)OCC)c1nc(NC(C)=O)sc1C. The molecule has 1 aromatic rings. The summed E-state index contributed by atoms with van der Waals surface area (Å²) < 4.78 is 4.96. The summed E-state index contributed by atoms with van der Waals surface area (Å²) in [6.45, 7) is 7.09. The Hall–Kier alpha value is -1.69. The van der Waals surface area contributed by atoms with Gasteiger partial charge in [-0.15, -0.1) is 11.3 Å². The van der Waals surface area contributed by atoms with Crippen LogP contribution in [0.3, 0.4) is 0 Å². The third-order valence-electron chi connectivity index (χ3n) is 2.12. The summed E-state index contributed by atoms with van der Waals surface area (Å²) in [5, 5.41) is 3.09. The molecule has 0 atom stereocenters. The molecule has 1 rings (SSSR count). The molecule has 0 bridgehead atoms. The van der Waals surface area contributed by atoms with Gasteiger partial charge in [0, 0.05) is 11.8 Å². The van der Waals surface area contributed by atoms with Crippen LogP contribution < -0.4 is 5.32 Å². The number of carbonyl (C=O) groups excluding carboxylic acids is 2. The summed E-state index contributed by atoms with van der Waals surface area (Å²) in [7, 11) is 0. The van der Waals surface area contributed by atoms with Crippen LogP contribution in [0, 0.1) is 6.92 Å². The molecule has 1 heterocycles. The molecule has 0 unspecified atom stereocenters. The molecule has 0 spiro atoms. The van der Waals surface area contributed by atoms with Gasteiger partial charge in [0.25, 0.3) is 0 Å². The smallest absolute Gasteiger partial charge is 0.340 e. The van der Waals surface area contributed by atoms with E-state index < -0.39 is 5.97 Å². The van der Waals surface area contributed by atoms with Gasteiger partial charge in [-0.05, 0) is 20.8 Å². The molecular formula is C12H16N2O3S. The predicted octanol–water partition coefficient (Wildman–Crippen LogP) is 2.38. The van der Waals surface area contributed by atoms with E-state index in [4.69, 9.17) is 4.74 Å². The summed E-state index contributed by atoms with van der Waals surface area (Å²) in [4.78, 5) is 27.8. The molecule has 0 aromatic carbocycles. The number of nitrogens with one attached hydrogen (secondary N) is 1. The van der Waals surface area contributed by atoms with E-state index in [0.29, 0.717) is 23.0 Å². The number of anilines is 1. The molecule has 18 heavy (non-hydrogen) atoms. The van der Waals surface area contributed by atoms with Gasteiger partial charge >= 0.3 is 5.97 Å². The van der Waals surface area contributed by atoms with E-state index in [-0.39, 0.29) is 5.91 Å². The van der Waals surface area contributed by atoms with E-state index >= 15 is 0 Å². The van der Waals surface area contributed by atoms with E-state index in [1.807, 2.05) is 6.92 Å². The fraction of sp³-hybridized carbons (Fsp3) is 0.417. The number of hydrogen-bond acceptors (Lipinski definition) is 5. The summed E-state index contributed by atoms with van der Waals surface area (Å²) in [5.41, 5.74) is 0.979. The van der Waals surface area contributed by atoms with E-state index in [0.717, 1.165) is 4.88 Å². The first-order valence-corrected chi connectivity index (χ1v) is 6.40. The average Bonchev–Trinajstić information content (AvgIpc) is 2.60. The standard InChI is InChI=1S/C12H16N2O3S/c1-5-9(11(16)17-6-2)10-7(3)18-12(14-10)13-8(4)15/h5H,6H2,1-4H3,(H,13,14,15)/b9-5-. The maximum Gasteiger partial charge on any atom is 0.340 e. The van der Waals surface area contributed by atoms with Gasteiger partial charge in [-0.2, -0.15) is 0 Å². The van der Waals surface area contributed by atoms with Crippen LogP contribution in [0.5, 0.6) is 0 Å². The third kappa shape index (κ3) is 3.40. The number of rotatable bonds is 4. The van der Waals surface area contributed by atoms with Gasteiger partial charge in [-0.3, -0.25) is 4.79 Å². The Morgan fingerprint density at radius 3 is 2.67 bits per heavy atom. The Labute approximate surface area is 110 Å². The predicted molar refractivity (Wildman–Crippen MR) is 71.4 cm³/mol. The molecule has 0 radical (unpaired) electrons. The first-order chi connectivity index (χ1) is 8.49. The Morgan fingerprint density at radius 2 is 2.17 bits per heavy atom. The van der Waals surface area contributed by atoms with E-state index in [1.54, 1.807) is 19.9 Å². The molecule has 0 aliphatic rings. The van der Waals surface area contributed by atoms with Gasteiger partial charge in [0.1, 0.15) is 0 Å². The lowest BCUT2D eigenvalue weighted by Crippen LogP contribution is -2.08. The summed E-state index contributed by atoms with van der Waals surface area (Å²) in [6, 6.07) is 0. The van der Waals surface area contributed by atoms with Crippen molar-refractivity contribution < 1.29 is 14.3 Å². The highest BCUT2D eigenvalue weighted by molar-refractivity contribution is 7.16. The van der Waals surface area contributed by atoms with E-state index in [1.165, 1.54) is 18.3 Å². The van der Waals surface area contributed by atoms with E-state index in [2.05, 4.69) is 10.3 Å². The van der Waals surface area contributed by atoms with Gasteiger partial charge in [0.2, 0.25) is 5.91 Å². The second-order valence-corrected chi connectivity index (χ2v) is 4.73. The molecule has 0 saturated carbocycles. The summed E-state index contributed by atoms with van der Waals surface area (Å²) >= 11 is 1.33. The molecule has 0 aliphatic heterocycles. The van der Waals surface area contributed by atoms with Gasteiger partial charge in [-0.25, -0.2) is 9.78 Å². The maximum absolute atomic E-state index is 11.7. The minimum atomic E-state index is -0.400. The second kappa shape index (κ2) is 6.30. The molecule has 1 N–H and O–H groups in total. The number of esters is 1. The van der Waals surface area contributed by atoms with Crippen LogP contribution in [0.15, 0.2) is 6.08 Å². The topological polar surface area (TPSA) is 68.3 Å². The van der Waals surface area contributed by atoms with Crippen molar-refractivity contribution in [3.05, 3.63) is 16.6 Å². The largest absolute Gasteiger partial charge is 0.462 e. The van der Waals surface area contributed by atoms with Crippen molar-refractivity contribution in [2.45, 2.75) is 27.7 Å². The van der Waals surface area contributed by atoms with Gasteiger partial charge < -0.3 is 10.1 Å². The monoisotopic (exact) mass is 268 g/mol. The molecule has 0 saturated heterocycles. The normalized spacial score (nSPS) is 11.2. The third-order valence-corrected chi connectivity index (χ3v) is 3.00. The molecule has 0 aliphatic carbocycles. The van der Waals surface area contributed by atoms with Crippen molar-refractivity contribution in [1.82, 2.24) is 4.98 Å². The Morgan fingerprint density at radius 1 is 1.50 bits per heavy atom. The number of aromatic nitrogens is 1. The second-order valence-electron chi connectivity index (χ2n) is 3.53. The molecular weight excluding hydrogens is 252 g/mol. The lowest BCUT2D eigenvalue weighted by Gasteiger charge is -2.04. The molecule has 5 nitrogen and oxygen atoms in total. The molecule has 1 aromatic heterocycles. The first-order valence-electron chi connectivity index (χ1n) is 5.58. The zero-order valence-corrected chi connectivity index (χ0v) is 11.7. The van der Waals surface area contributed by atoms with Crippen molar-refractivity contribution in [2.24, 2.45) is 0 Å². The molecule has 1 amide bonds. The van der Waals surface area contributed by atoms with Crippen LogP contribution in [0.25, 0.3) is 5.57 Å². The van der Waals surface area contributed by atoms with E-state index in [9.17, 15) is 9.59 Å². The number of hydrogen-bond donors (Lipinski definition) is 1. The van der Waals surface area contributed by atoms with Gasteiger partial charge in [-0.1, -0.05) is 6.08 Å². The number of ether oxygens (including phenoxy) is 1. The highest BCUT2D eigenvalue weighted by atomic mass is 32.1. The number of nitrogens with zero attached hydrogens (tertiary/aromatic N) is 1. The quantitative estimate of drug-likeness (QED) is 0.672. The van der Waals surface area contributed by atoms with Crippen molar-refractivity contribution in [1.29, 1.82) is 0 Å². The highest BCUT2D eigenvalue weighted by Crippen LogP contribution is 2.28. The Bertz CT molecular complexity index is 492. The average molecular weight is 268 g/mol. The van der Waals surface area contributed by atoms with Crippen molar-refractivity contribution in [3.8, 4) is 0 Å². The van der Waals surface area contributed by atoms with Crippen LogP contribution in [-0.2, 0) is 14.3 Å². The number of amides is 1. The highest BCUT2D eigenvalue weighted by Gasteiger charge is 2.19. The first kappa shape index (κ1) is 14.4. The number of carbonyl (C=O) groups is 2. The van der Waals surface area contributed by atoms with Crippen LogP contribution in [0.4, 0.5) is 5.13 Å². The zero-order valence-electron chi connectivity index (χ0n) is 10.9. The maximum atomic E-state index is 11.7. The minimum Gasteiger partial charge on any atom is -0.462 e. The summed E-state index contributed by atoms with van der Waals surface area (Å²) in [5.74, 6) is -0.587. The van der Waals surface area contributed by atoms with Gasteiger partial charge in [0.05, 0.1) is 17.9 Å². The van der Waals surface area contributed by atoms with Crippen LogP contribution >= 0.6 is 11.3 Å². The molecule has 98 valence electrons. The minimum absolute atomic E-state index is 0.187. The number of allylic oxidation sites excluding steroid dienone is 1. The van der Waals surface area contributed by atoms with Crippen LogP contribution in [-0.4, -0.2) is 23.5 Å².